The maximum atomic E-state index is 12.2. The Bertz CT molecular complexity index is 671. The second kappa shape index (κ2) is 6.63. The van der Waals surface area contributed by atoms with E-state index in [1.807, 2.05) is 24.3 Å². The Morgan fingerprint density at radius 3 is 2.71 bits per heavy atom. The van der Waals surface area contributed by atoms with Gasteiger partial charge in [0.15, 0.2) is 0 Å². The molecule has 110 valence electrons. The van der Waals surface area contributed by atoms with Gasteiger partial charge in [-0.15, -0.1) is 0 Å². The summed E-state index contributed by atoms with van der Waals surface area (Å²) >= 11 is 3.33. The monoisotopic (exact) mass is 349 g/mol. The fourth-order valence-electron chi connectivity index (χ4n) is 1.96. The van der Waals surface area contributed by atoms with Crippen LogP contribution in [0.4, 0.5) is 5.69 Å². The Morgan fingerprint density at radius 1 is 1.29 bits per heavy atom. The fraction of sp³-hybridized carbons (Fsp3) is 0.188. The molecule has 21 heavy (non-hydrogen) atoms. The molecule has 0 saturated heterocycles. The van der Waals surface area contributed by atoms with Crippen LogP contribution >= 0.6 is 15.9 Å². The van der Waals surface area contributed by atoms with E-state index in [4.69, 9.17) is 15.2 Å². The van der Waals surface area contributed by atoms with Gasteiger partial charge in [0, 0.05) is 15.7 Å². The minimum absolute atomic E-state index is 0.148. The van der Waals surface area contributed by atoms with Gasteiger partial charge in [-0.05, 0) is 30.7 Å². The predicted molar refractivity (Wildman–Crippen MR) is 85.4 cm³/mol. The molecule has 0 saturated carbocycles. The molecule has 0 aromatic heterocycles. The van der Waals surface area contributed by atoms with Crippen LogP contribution in [0.5, 0.6) is 5.75 Å². The quantitative estimate of drug-likeness (QED) is 0.675. The Balaban J connectivity index is 2.16. The van der Waals surface area contributed by atoms with E-state index in [1.165, 1.54) is 0 Å². The van der Waals surface area contributed by atoms with Gasteiger partial charge in [-0.1, -0.05) is 34.1 Å². The van der Waals surface area contributed by atoms with Crippen LogP contribution in [0.3, 0.4) is 0 Å². The van der Waals surface area contributed by atoms with Crippen molar-refractivity contribution in [1.29, 1.82) is 0 Å². The maximum Gasteiger partial charge on any atom is 0.338 e. The van der Waals surface area contributed by atoms with Crippen LogP contribution in [0, 0.1) is 6.92 Å². The van der Waals surface area contributed by atoms with Gasteiger partial charge < -0.3 is 15.2 Å². The average Bonchev–Trinajstić information content (AvgIpc) is 2.48. The topological polar surface area (TPSA) is 61.5 Å². The minimum atomic E-state index is -0.411. The standard InChI is InChI=1S/C16H16BrNO3/c1-10-13(7-12(17)8-14(10)18)16(19)21-9-11-5-3-4-6-15(11)20-2/h3-8H,9,18H2,1-2H3. The lowest BCUT2D eigenvalue weighted by Gasteiger charge is -2.11. The first kappa shape index (κ1) is 15.4. The molecular weight excluding hydrogens is 334 g/mol. The molecule has 5 heteroatoms. The molecule has 0 atom stereocenters. The van der Waals surface area contributed by atoms with Gasteiger partial charge in [-0.2, -0.15) is 0 Å². The number of hydrogen-bond acceptors (Lipinski definition) is 4. The number of esters is 1. The summed E-state index contributed by atoms with van der Waals surface area (Å²) in [5, 5.41) is 0. The van der Waals surface area contributed by atoms with E-state index in [-0.39, 0.29) is 6.61 Å². The van der Waals surface area contributed by atoms with E-state index in [0.29, 0.717) is 22.6 Å². The highest BCUT2D eigenvalue weighted by atomic mass is 79.9. The molecule has 0 aliphatic heterocycles. The van der Waals surface area contributed by atoms with Gasteiger partial charge in [-0.25, -0.2) is 4.79 Å². The molecule has 0 amide bonds. The summed E-state index contributed by atoms with van der Waals surface area (Å²) in [7, 11) is 1.58. The van der Waals surface area contributed by atoms with Crippen LogP contribution in [0.1, 0.15) is 21.5 Å². The number of nitrogens with two attached hydrogens (primary N) is 1. The lowest BCUT2D eigenvalue weighted by Crippen LogP contribution is -2.09. The van der Waals surface area contributed by atoms with E-state index in [1.54, 1.807) is 26.2 Å². The molecule has 0 unspecified atom stereocenters. The number of benzene rings is 2. The van der Waals surface area contributed by atoms with Crippen molar-refractivity contribution in [3.8, 4) is 5.75 Å². The number of carbonyl (C=O) groups is 1. The molecule has 0 bridgehead atoms. The number of para-hydroxylation sites is 1. The largest absolute Gasteiger partial charge is 0.496 e. The molecule has 0 heterocycles. The molecule has 0 radical (unpaired) electrons. The summed E-state index contributed by atoms with van der Waals surface area (Å²) in [6.45, 7) is 1.94. The summed E-state index contributed by atoms with van der Waals surface area (Å²) in [5.41, 5.74) is 8.38. The molecule has 2 aromatic carbocycles. The lowest BCUT2D eigenvalue weighted by molar-refractivity contribution is 0.0469. The summed E-state index contributed by atoms with van der Waals surface area (Å²) in [4.78, 5) is 12.2. The second-order valence-electron chi connectivity index (χ2n) is 4.56. The van der Waals surface area contributed by atoms with Crippen LogP contribution in [0.25, 0.3) is 0 Å². The van der Waals surface area contributed by atoms with Gasteiger partial charge in [0.05, 0.1) is 12.7 Å². The van der Waals surface area contributed by atoms with Crippen molar-refractivity contribution in [2.75, 3.05) is 12.8 Å². The Labute approximate surface area is 132 Å². The molecule has 2 rings (SSSR count). The van der Waals surface area contributed by atoms with Crippen molar-refractivity contribution in [2.45, 2.75) is 13.5 Å². The second-order valence-corrected chi connectivity index (χ2v) is 5.47. The van der Waals surface area contributed by atoms with Crippen molar-refractivity contribution < 1.29 is 14.3 Å². The van der Waals surface area contributed by atoms with Crippen molar-refractivity contribution >= 4 is 27.6 Å². The van der Waals surface area contributed by atoms with Gasteiger partial charge in [0.25, 0.3) is 0 Å². The molecule has 0 spiro atoms. The number of ether oxygens (including phenoxy) is 2. The van der Waals surface area contributed by atoms with Crippen molar-refractivity contribution in [3.63, 3.8) is 0 Å². The highest BCUT2D eigenvalue weighted by Crippen LogP contribution is 2.24. The zero-order valence-electron chi connectivity index (χ0n) is 11.9. The number of carbonyl (C=O) groups excluding carboxylic acids is 1. The van der Waals surface area contributed by atoms with Crippen molar-refractivity contribution in [2.24, 2.45) is 0 Å². The molecule has 0 aliphatic rings. The number of rotatable bonds is 4. The number of halogens is 1. The molecule has 2 aromatic rings. The fourth-order valence-corrected chi connectivity index (χ4v) is 2.43. The number of hydrogen-bond donors (Lipinski definition) is 1. The van der Waals surface area contributed by atoms with Crippen LogP contribution in [-0.2, 0) is 11.3 Å². The summed E-state index contributed by atoms with van der Waals surface area (Å²) in [6, 6.07) is 10.9. The van der Waals surface area contributed by atoms with Gasteiger partial charge >= 0.3 is 5.97 Å². The zero-order chi connectivity index (χ0) is 15.4. The van der Waals surface area contributed by atoms with E-state index in [2.05, 4.69) is 15.9 Å². The first-order valence-electron chi connectivity index (χ1n) is 6.37. The normalized spacial score (nSPS) is 10.2. The Kier molecular flexibility index (Phi) is 4.85. The number of methoxy groups -OCH3 is 1. The molecule has 4 nitrogen and oxygen atoms in total. The van der Waals surface area contributed by atoms with Gasteiger partial charge in [0.2, 0.25) is 0 Å². The third-order valence-corrected chi connectivity index (χ3v) is 3.64. The summed E-state index contributed by atoms with van der Waals surface area (Å²) in [5.74, 6) is 0.280. The Morgan fingerprint density at radius 2 is 2.00 bits per heavy atom. The molecule has 2 N–H and O–H groups in total. The molecule has 0 aliphatic carbocycles. The zero-order valence-corrected chi connectivity index (χ0v) is 13.4. The van der Waals surface area contributed by atoms with Crippen molar-refractivity contribution in [3.05, 3.63) is 57.6 Å². The summed E-state index contributed by atoms with van der Waals surface area (Å²) in [6.07, 6.45) is 0. The average molecular weight is 350 g/mol. The number of nitrogen functional groups attached to an aromatic ring is 1. The van der Waals surface area contributed by atoms with Gasteiger partial charge in [0.1, 0.15) is 12.4 Å². The third kappa shape index (κ3) is 3.55. The highest BCUT2D eigenvalue weighted by Gasteiger charge is 2.14. The SMILES string of the molecule is COc1ccccc1COC(=O)c1cc(Br)cc(N)c1C. The van der Waals surface area contributed by atoms with E-state index in [0.717, 1.165) is 10.0 Å². The van der Waals surface area contributed by atoms with Crippen LogP contribution in [0.15, 0.2) is 40.9 Å². The molecule has 0 fully saturated rings. The third-order valence-electron chi connectivity index (χ3n) is 3.18. The first-order chi connectivity index (χ1) is 10.0. The van der Waals surface area contributed by atoms with Gasteiger partial charge in [-0.3, -0.25) is 0 Å². The maximum absolute atomic E-state index is 12.2. The van der Waals surface area contributed by atoms with Crippen LogP contribution in [-0.4, -0.2) is 13.1 Å². The van der Waals surface area contributed by atoms with Crippen molar-refractivity contribution in [1.82, 2.24) is 0 Å². The first-order valence-corrected chi connectivity index (χ1v) is 7.17. The smallest absolute Gasteiger partial charge is 0.338 e. The Hall–Kier alpha value is -2.01. The minimum Gasteiger partial charge on any atom is -0.496 e. The molecular formula is C16H16BrNO3. The highest BCUT2D eigenvalue weighted by molar-refractivity contribution is 9.10. The predicted octanol–water partition coefficient (Wildman–Crippen LogP) is 3.71. The van der Waals surface area contributed by atoms with Crippen LogP contribution in [0.2, 0.25) is 0 Å². The summed E-state index contributed by atoms with van der Waals surface area (Å²) < 4.78 is 11.3. The van der Waals surface area contributed by atoms with E-state index >= 15 is 0 Å². The van der Waals surface area contributed by atoms with E-state index < -0.39 is 5.97 Å². The lowest BCUT2D eigenvalue weighted by atomic mass is 10.1. The number of anilines is 1. The van der Waals surface area contributed by atoms with Crippen LogP contribution < -0.4 is 10.5 Å². The van der Waals surface area contributed by atoms with E-state index in [9.17, 15) is 4.79 Å².